The van der Waals surface area contributed by atoms with Crippen LogP contribution in [0.15, 0.2) is 18.3 Å². The van der Waals surface area contributed by atoms with Crippen molar-refractivity contribution in [1.29, 1.82) is 0 Å². The summed E-state index contributed by atoms with van der Waals surface area (Å²) in [6, 6.07) is 4.10. The summed E-state index contributed by atoms with van der Waals surface area (Å²) in [6.45, 7) is 1.48. The van der Waals surface area contributed by atoms with Gasteiger partial charge in [-0.15, -0.1) is 11.8 Å². The van der Waals surface area contributed by atoms with Crippen molar-refractivity contribution in [1.82, 2.24) is 9.47 Å². The smallest absolute Gasteiger partial charge is 0.233 e. The second kappa shape index (κ2) is 5.60. The van der Waals surface area contributed by atoms with Crippen LogP contribution < -0.4 is 0 Å². The summed E-state index contributed by atoms with van der Waals surface area (Å²) >= 11 is 1.70. The van der Waals surface area contributed by atoms with E-state index in [0.717, 1.165) is 13.0 Å². The molecule has 0 spiro atoms. The molecule has 0 radical (unpaired) electrons. The molecule has 1 aliphatic heterocycles. The molecule has 1 atom stereocenters. The monoisotopic (exact) mass is 254 g/mol. The Morgan fingerprint density at radius 1 is 1.59 bits per heavy atom. The summed E-state index contributed by atoms with van der Waals surface area (Å²) in [5.41, 5.74) is 1.19. The van der Waals surface area contributed by atoms with Crippen molar-refractivity contribution >= 4 is 17.7 Å². The molecule has 0 saturated carbocycles. The maximum atomic E-state index is 11.8. The van der Waals surface area contributed by atoms with Crippen molar-refractivity contribution in [3.63, 3.8) is 0 Å². The molecule has 1 aliphatic rings. The van der Waals surface area contributed by atoms with Gasteiger partial charge in [-0.05, 0) is 18.6 Å². The Kier molecular flexibility index (Phi) is 4.12. The first-order valence-electron chi connectivity index (χ1n) is 5.75. The third-order valence-electron chi connectivity index (χ3n) is 2.95. The van der Waals surface area contributed by atoms with Gasteiger partial charge >= 0.3 is 0 Å². The van der Waals surface area contributed by atoms with Gasteiger partial charge in [0.25, 0.3) is 0 Å². The highest BCUT2D eigenvalue weighted by Crippen LogP contribution is 2.38. The minimum Gasteiger partial charge on any atom is -0.385 e. The molecule has 1 fully saturated rings. The fraction of sp³-hybridized carbons (Fsp3) is 0.583. The number of nitrogens with zero attached hydrogens (tertiary/aromatic N) is 2. The molecule has 0 bridgehead atoms. The van der Waals surface area contributed by atoms with Crippen LogP contribution in [-0.2, 0) is 16.6 Å². The van der Waals surface area contributed by atoms with Crippen molar-refractivity contribution < 1.29 is 9.53 Å². The molecule has 1 saturated heterocycles. The second-order valence-corrected chi connectivity index (χ2v) is 5.21. The molecule has 1 aromatic heterocycles. The van der Waals surface area contributed by atoms with Crippen molar-refractivity contribution in [2.24, 2.45) is 7.05 Å². The molecule has 5 heteroatoms. The highest BCUT2D eigenvalue weighted by Gasteiger charge is 2.33. The molecule has 0 aromatic carbocycles. The lowest BCUT2D eigenvalue weighted by Gasteiger charge is -2.24. The molecule has 0 N–H and O–H groups in total. The van der Waals surface area contributed by atoms with Crippen LogP contribution >= 0.6 is 11.8 Å². The van der Waals surface area contributed by atoms with Gasteiger partial charge in [0.2, 0.25) is 5.91 Å². The van der Waals surface area contributed by atoms with Crippen LogP contribution in [0.4, 0.5) is 0 Å². The number of hydrogen-bond donors (Lipinski definition) is 0. The number of carbonyl (C=O) groups is 1. The Labute approximate surface area is 106 Å². The molecule has 2 rings (SSSR count). The largest absolute Gasteiger partial charge is 0.385 e. The van der Waals surface area contributed by atoms with E-state index in [1.54, 1.807) is 18.9 Å². The first-order valence-corrected chi connectivity index (χ1v) is 6.80. The summed E-state index contributed by atoms with van der Waals surface area (Å²) in [5.74, 6) is 0.820. The van der Waals surface area contributed by atoms with Gasteiger partial charge in [0.05, 0.1) is 11.4 Å². The molecule has 4 nitrogen and oxygen atoms in total. The zero-order valence-corrected chi connectivity index (χ0v) is 11.1. The number of hydrogen-bond acceptors (Lipinski definition) is 3. The minimum atomic E-state index is 0.166. The molecule has 94 valence electrons. The molecule has 2 heterocycles. The molecular weight excluding hydrogens is 236 g/mol. The number of methoxy groups -OCH3 is 1. The summed E-state index contributed by atoms with van der Waals surface area (Å²) in [7, 11) is 3.71. The van der Waals surface area contributed by atoms with Crippen LogP contribution in [0.25, 0.3) is 0 Å². The van der Waals surface area contributed by atoms with Gasteiger partial charge in [-0.2, -0.15) is 0 Å². The average molecular weight is 254 g/mol. The maximum absolute atomic E-state index is 11.8. The third-order valence-corrected chi connectivity index (χ3v) is 4.18. The lowest BCUT2D eigenvalue weighted by Crippen LogP contribution is -2.30. The standard InChI is InChI=1S/C12H18N2O2S/c1-13-6-3-5-10(13)12-14(7-4-8-16-2)11(15)9-17-12/h3,5-6,12H,4,7-9H2,1-2H3. The first kappa shape index (κ1) is 12.5. The van der Waals surface area contributed by atoms with Gasteiger partial charge in [0, 0.05) is 33.5 Å². The van der Waals surface area contributed by atoms with E-state index in [9.17, 15) is 4.79 Å². The van der Waals surface area contributed by atoms with Crippen LogP contribution in [0.1, 0.15) is 17.5 Å². The van der Waals surface area contributed by atoms with Crippen LogP contribution in [-0.4, -0.2) is 41.4 Å². The van der Waals surface area contributed by atoms with Gasteiger partial charge in [-0.3, -0.25) is 4.79 Å². The number of amides is 1. The van der Waals surface area contributed by atoms with Gasteiger partial charge in [-0.1, -0.05) is 0 Å². The molecule has 0 aliphatic carbocycles. The van der Waals surface area contributed by atoms with E-state index in [2.05, 4.69) is 10.6 Å². The van der Waals surface area contributed by atoms with E-state index in [4.69, 9.17) is 4.74 Å². The maximum Gasteiger partial charge on any atom is 0.233 e. The molecule has 1 unspecified atom stereocenters. The van der Waals surface area contributed by atoms with E-state index in [-0.39, 0.29) is 11.3 Å². The lowest BCUT2D eigenvalue weighted by molar-refractivity contribution is -0.128. The van der Waals surface area contributed by atoms with Gasteiger partial charge in [0.15, 0.2) is 0 Å². The number of aromatic nitrogens is 1. The zero-order chi connectivity index (χ0) is 12.3. The Balaban J connectivity index is 2.06. The molecule has 1 aromatic rings. The predicted octanol–water partition coefficient (Wildman–Crippen LogP) is 1.64. The number of ether oxygens (including phenoxy) is 1. The fourth-order valence-corrected chi connectivity index (χ4v) is 3.34. The zero-order valence-electron chi connectivity index (χ0n) is 10.3. The Morgan fingerprint density at radius 3 is 3.06 bits per heavy atom. The van der Waals surface area contributed by atoms with Crippen molar-refractivity contribution in [2.75, 3.05) is 26.0 Å². The number of rotatable bonds is 5. The van der Waals surface area contributed by atoms with Crippen LogP contribution in [0, 0.1) is 0 Å². The third kappa shape index (κ3) is 2.66. The number of carbonyl (C=O) groups excluding carboxylic acids is 1. The Morgan fingerprint density at radius 2 is 2.41 bits per heavy atom. The van der Waals surface area contributed by atoms with E-state index in [0.29, 0.717) is 12.4 Å². The van der Waals surface area contributed by atoms with Gasteiger partial charge in [-0.25, -0.2) is 0 Å². The highest BCUT2D eigenvalue weighted by molar-refractivity contribution is 8.00. The lowest BCUT2D eigenvalue weighted by atomic mass is 10.3. The van der Waals surface area contributed by atoms with E-state index in [1.807, 2.05) is 24.2 Å². The summed E-state index contributed by atoms with van der Waals surface area (Å²) < 4.78 is 7.12. The number of thioether (sulfide) groups is 1. The highest BCUT2D eigenvalue weighted by atomic mass is 32.2. The van der Waals surface area contributed by atoms with Crippen molar-refractivity contribution in [2.45, 2.75) is 11.8 Å². The van der Waals surface area contributed by atoms with Crippen LogP contribution in [0.2, 0.25) is 0 Å². The van der Waals surface area contributed by atoms with Crippen LogP contribution in [0.3, 0.4) is 0 Å². The molecular formula is C12H18N2O2S. The molecule has 17 heavy (non-hydrogen) atoms. The Bertz CT molecular complexity index is 392. The van der Waals surface area contributed by atoms with Crippen molar-refractivity contribution in [3.8, 4) is 0 Å². The summed E-state index contributed by atoms with van der Waals surface area (Å²) in [6.07, 6.45) is 2.91. The summed E-state index contributed by atoms with van der Waals surface area (Å²) in [5, 5.41) is 0.166. The average Bonchev–Trinajstić information content (AvgIpc) is 2.87. The first-order chi connectivity index (χ1) is 8.24. The molecule has 1 amide bonds. The normalized spacial score (nSPS) is 20.2. The Hall–Kier alpha value is -0.940. The minimum absolute atomic E-state index is 0.166. The van der Waals surface area contributed by atoms with Crippen molar-refractivity contribution in [3.05, 3.63) is 24.0 Å². The summed E-state index contributed by atoms with van der Waals surface area (Å²) in [4.78, 5) is 13.8. The van der Waals surface area contributed by atoms with Gasteiger partial charge in [0.1, 0.15) is 5.37 Å². The predicted molar refractivity (Wildman–Crippen MR) is 68.8 cm³/mol. The van der Waals surface area contributed by atoms with E-state index in [1.165, 1.54) is 5.69 Å². The SMILES string of the molecule is COCCCN1C(=O)CSC1c1cccn1C. The topological polar surface area (TPSA) is 34.5 Å². The van der Waals surface area contributed by atoms with E-state index >= 15 is 0 Å². The van der Waals surface area contributed by atoms with Gasteiger partial charge < -0.3 is 14.2 Å². The number of aryl methyl sites for hydroxylation is 1. The fourth-order valence-electron chi connectivity index (χ4n) is 2.05. The van der Waals surface area contributed by atoms with E-state index < -0.39 is 0 Å². The van der Waals surface area contributed by atoms with Crippen LogP contribution in [0.5, 0.6) is 0 Å². The quantitative estimate of drug-likeness (QED) is 0.749. The second-order valence-electron chi connectivity index (χ2n) is 4.14.